The second kappa shape index (κ2) is 17.0. The van der Waals surface area contributed by atoms with Gasteiger partial charge < -0.3 is 5.11 Å². The first-order chi connectivity index (χ1) is 29.3. The Morgan fingerprint density at radius 1 is 0.623 bits per heavy atom. The first-order valence-electron chi connectivity index (χ1n) is 21.0. The van der Waals surface area contributed by atoms with Crippen LogP contribution in [-0.4, -0.2) is 19.6 Å². The summed E-state index contributed by atoms with van der Waals surface area (Å²) in [6.45, 7) is 12.4. The van der Waals surface area contributed by atoms with Gasteiger partial charge in [0.25, 0.3) is 0 Å². The van der Waals surface area contributed by atoms with E-state index >= 15 is 0 Å². The summed E-state index contributed by atoms with van der Waals surface area (Å²) in [6, 6.07) is 60.2. The largest absolute Gasteiger partial charge is 0.507 e. The van der Waals surface area contributed by atoms with Gasteiger partial charge in [0.05, 0.1) is 22.3 Å². The molecule has 2 aromatic heterocycles. The molecule has 0 radical (unpaired) electrons. The third kappa shape index (κ3) is 8.13. The van der Waals surface area contributed by atoms with Crippen molar-refractivity contribution in [1.29, 1.82) is 0 Å². The fourth-order valence-electron chi connectivity index (χ4n) is 8.05. The zero-order chi connectivity index (χ0) is 42.5. The van der Waals surface area contributed by atoms with E-state index in [0.29, 0.717) is 11.4 Å². The van der Waals surface area contributed by atoms with Crippen LogP contribution in [0.25, 0.3) is 83.9 Å². The number of phenolic OH excluding ortho intramolecular Hbond substituents is 1. The molecule has 0 bridgehead atoms. The molecule has 0 amide bonds. The summed E-state index contributed by atoms with van der Waals surface area (Å²) in [4.78, 5) is 10.4. The normalized spacial score (nSPS) is 11.9. The van der Waals surface area contributed by atoms with Crippen molar-refractivity contribution in [2.45, 2.75) is 52.9 Å². The number of benzene rings is 7. The van der Waals surface area contributed by atoms with Crippen LogP contribution in [0.3, 0.4) is 0 Å². The number of imidazole rings is 1. The van der Waals surface area contributed by atoms with Gasteiger partial charge in [-0.15, -0.1) is 23.8 Å². The van der Waals surface area contributed by atoms with Gasteiger partial charge >= 0.3 is 0 Å². The zero-order valence-corrected chi connectivity index (χ0v) is 37.5. The van der Waals surface area contributed by atoms with Crippen molar-refractivity contribution in [3.63, 3.8) is 0 Å². The Morgan fingerprint density at radius 2 is 1.26 bits per heavy atom. The number of rotatable bonds is 8. The van der Waals surface area contributed by atoms with Crippen molar-refractivity contribution in [3.8, 4) is 78.6 Å². The van der Waals surface area contributed by atoms with E-state index in [-0.39, 0.29) is 32.2 Å². The maximum absolute atomic E-state index is 12.0. The van der Waals surface area contributed by atoms with E-state index in [1.54, 1.807) is 0 Å². The molecular formula is C56H48N3OPt-. The van der Waals surface area contributed by atoms with Crippen molar-refractivity contribution in [2.24, 2.45) is 0 Å². The first kappa shape index (κ1) is 40.1. The fourth-order valence-corrected chi connectivity index (χ4v) is 8.05. The molecule has 0 fully saturated rings. The first-order valence-corrected chi connectivity index (χ1v) is 20.5. The van der Waals surface area contributed by atoms with Gasteiger partial charge in [-0.2, -0.15) is 0 Å². The summed E-state index contributed by atoms with van der Waals surface area (Å²) in [5, 5.41) is 12.0. The van der Waals surface area contributed by atoms with E-state index in [2.05, 4.69) is 153 Å². The van der Waals surface area contributed by atoms with Gasteiger partial charge in [0.2, 0.25) is 0 Å². The average Bonchev–Trinajstić information content (AvgIpc) is 3.66. The Labute approximate surface area is 375 Å². The number of nitrogens with zero attached hydrogens (tertiary/aromatic N) is 3. The van der Waals surface area contributed by atoms with E-state index < -0.39 is 5.89 Å². The maximum atomic E-state index is 12.0. The molecule has 0 atom stereocenters. The number of fused-ring (bicyclic) bond motifs is 1. The standard InChI is InChI=1S/C56H48N3O.Pt/c1-36(2)41-25-26-51(48(33-41)40-21-14-9-15-22-40)59-52-24-16-23-47(53(52)58-55(59)49-35-46(56(4,5)6)29-37(3)54(49)60)44-30-43(39-19-12-8-13-20-39)31-45(32-44)50-34-42(27-28-57-50)38-17-10-7-11-18-38;/h7-31,33-36,60H,1-6H3;/q-1;/i36D;. The number of aryl methyl sites for hydroxylation is 1. The SMILES string of the molecule is [2H]C(C)(C)c1ccc(-n2c(-c3cc(C(C)(C)C)cc(C)c3O)nc3c(-c4[c-]c(-c5cc(-c6ccccc6)ccn5)cc(-c5ccccc5)c4)cccc32)c(-c2ccccc2)c1.[Pt]. The van der Waals surface area contributed by atoms with E-state index in [9.17, 15) is 5.11 Å². The number of phenols is 1. The van der Waals surface area contributed by atoms with E-state index in [0.717, 1.165) is 89.2 Å². The summed E-state index contributed by atoms with van der Waals surface area (Å²) in [5.74, 6) is -0.000369. The third-order valence-corrected chi connectivity index (χ3v) is 11.4. The second-order valence-electron chi connectivity index (χ2n) is 16.8. The van der Waals surface area contributed by atoms with Gasteiger partial charge in [-0.25, -0.2) is 4.98 Å². The van der Waals surface area contributed by atoms with Crippen LogP contribution in [-0.2, 0) is 26.5 Å². The van der Waals surface area contributed by atoms with Crippen LogP contribution >= 0.6 is 0 Å². The predicted molar refractivity (Wildman–Crippen MR) is 250 cm³/mol. The summed E-state index contributed by atoms with van der Waals surface area (Å²) < 4.78 is 11.2. The van der Waals surface area contributed by atoms with Crippen LogP contribution in [0.1, 0.15) is 58.6 Å². The molecule has 0 saturated carbocycles. The van der Waals surface area contributed by atoms with Gasteiger partial charge in [-0.1, -0.05) is 173 Å². The van der Waals surface area contributed by atoms with Crippen molar-refractivity contribution in [1.82, 2.24) is 14.5 Å². The van der Waals surface area contributed by atoms with Crippen molar-refractivity contribution < 1.29 is 27.5 Å². The molecule has 1 N–H and O–H groups in total. The number of hydrogen-bond acceptors (Lipinski definition) is 3. The quantitative estimate of drug-likeness (QED) is 0.154. The molecule has 0 aliphatic carbocycles. The molecule has 5 heteroatoms. The molecule has 0 unspecified atom stereocenters. The Morgan fingerprint density at radius 3 is 1.92 bits per heavy atom. The number of hydrogen-bond donors (Lipinski definition) is 1. The number of para-hydroxylation sites is 1. The van der Waals surface area contributed by atoms with Gasteiger partial charge in [-0.05, 0) is 87.5 Å². The Bertz CT molecular complexity index is 3050. The van der Waals surface area contributed by atoms with Gasteiger partial charge in [0, 0.05) is 39.9 Å². The summed E-state index contributed by atoms with van der Waals surface area (Å²) >= 11 is 0. The maximum Gasteiger partial charge on any atom is 0.148 e. The molecule has 0 aliphatic rings. The van der Waals surface area contributed by atoms with E-state index in [1.165, 1.54) is 0 Å². The van der Waals surface area contributed by atoms with E-state index in [4.69, 9.17) is 11.3 Å². The summed E-state index contributed by atoms with van der Waals surface area (Å²) in [5.41, 5.74) is 15.6. The molecule has 4 nitrogen and oxygen atoms in total. The van der Waals surface area contributed by atoms with Crippen LogP contribution in [0.2, 0.25) is 0 Å². The van der Waals surface area contributed by atoms with Crippen LogP contribution in [0, 0.1) is 13.0 Å². The smallest absolute Gasteiger partial charge is 0.148 e. The van der Waals surface area contributed by atoms with Crippen molar-refractivity contribution >= 4 is 11.0 Å². The average molecular weight is 975 g/mol. The molecule has 2 heterocycles. The van der Waals surface area contributed by atoms with Gasteiger partial charge in [0.1, 0.15) is 11.6 Å². The molecule has 9 rings (SSSR count). The molecule has 61 heavy (non-hydrogen) atoms. The van der Waals surface area contributed by atoms with Crippen LogP contribution < -0.4 is 0 Å². The van der Waals surface area contributed by atoms with E-state index in [1.807, 2.05) is 69.4 Å². The monoisotopic (exact) mass is 974 g/mol. The van der Waals surface area contributed by atoms with Gasteiger partial charge in [0.15, 0.2) is 0 Å². The molecular weight excluding hydrogens is 926 g/mol. The molecule has 9 aromatic rings. The summed E-state index contributed by atoms with van der Waals surface area (Å²) in [6.07, 6.45) is 1.87. The Hall–Kier alpha value is -6.35. The van der Waals surface area contributed by atoms with Crippen molar-refractivity contribution in [3.05, 3.63) is 193 Å². The number of pyridine rings is 1. The third-order valence-electron chi connectivity index (χ3n) is 11.4. The minimum atomic E-state index is -0.821. The number of aromatic hydroxyl groups is 1. The number of aromatic nitrogens is 3. The minimum absolute atomic E-state index is 0. The van der Waals surface area contributed by atoms with Crippen LogP contribution in [0.15, 0.2) is 170 Å². The Balaban J connectivity index is 0.00000529. The molecule has 7 aromatic carbocycles. The van der Waals surface area contributed by atoms with Crippen LogP contribution in [0.5, 0.6) is 5.75 Å². The second-order valence-corrected chi connectivity index (χ2v) is 16.8. The molecule has 0 aliphatic heterocycles. The zero-order valence-electron chi connectivity index (χ0n) is 36.3. The molecule has 0 saturated heterocycles. The summed E-state index contributed by atoms with van der Waals surface area (Å²) in [7, 11) is 0. The van der Waals surface area contributed by atoms with Crippen LogP contribution in [0.4, 0.5) is 0 Å². The van der Waals surface area contributed by atoms with Gasteiger partial charge in [-0.3, -0.25) is 9.55 Å². The van der Waals surface area contributed by atoms with Crippen molar-refractivity contribution in [2.75, 3.05) is 0 Å². The molecule has 0 spiro atoms. The fraction of sp³-hybridized carbons (Fsp3) is 0.143. The predicted octanol–water partition coefficient (Wildman–Crippen LogP) is 14.7. The Kier molecular flexibility index (Phi) is 11.1. The molecule has 304 valence electrons. The minimum Gasteiger partial charge on any atom is -0.507 e. The topological polar surface area (TPSA) is 50.9 Å².